The minimum atomic E-state index is -3.60. The Labute approximate surface area is 482 Å². The van der Waals surface area contributed by atoms with Crippen LogP contribution < -0.4 is 12.4 Å². The quantitative estimate of drug-likeness (QED) is 0.0263. The monoisotopic (exact) mass is 1170 g/mol. The van der Waals surface area contributed by atoms with E-state index in [0.717, 1.165) is 48.4 Å². The van der Waals surface area contributed by atoms with E-state index in [1.54, 1.807) is 14.1 Å². The second-order valence-electron chi connectivity index (χ2n) is 16.1. The van der Waals surface area contributed by atoms with Gasteiger partial charge in [-0.05, 0) is 74.8 Å². The summed E-state index contributed by atoms with van der Waals surface area (Å²) < 4.78 is 126. The van der Waals surface area contributed by atoms with Crippen molar-refractivity contribution in [3.8, 4) is 49.4 Å². The number of likely N-dealkylation sites (N-methyl/N-ethyl adjacent to an activating group) is 3. The first-order valence-electron chi connectivity index (χ1n) is 25.9. The first kappa shape index (κ1) is 59.3. The van der Waals surface area contributed by atoms with Gasteiger partial charge in [0.25, 0.3) is 10.1 Å². The Morgan fingerprint density at radius 1 is 0.757 bits per heavy atom. The van der Waals surface area contributed by atoms with Crippen molar-refractivity contribution < 1.29 is 64.2 Å². The van der Waals surface area contributed by atoms with Gasteiger partial charge in [0.15, 0.2) is 0 Å². The van der Waals surface area contributed by atoms with Crippen LogP contribution in [0, 0.1) is 49.4 Å². The van der Waals surface area contributed by atoms with Gasteiger partial charge in [-0.25, -0.2) is 8.42 Å². The predicted octanol–water partition coefficient (Wildman–Crippen LogP) is 3.74. The molecule has 6 atom stereocenters. The second kappa shape index (κ2) is 42.2. The summed E-state index contributed by atoms with van der Waals surface area (Å²) in [4.78, 5) is 4.15. The molecule has 412 valence electrons. The number of hydrogen-bond donors (Lipinski definition) is 1. The molecule has 0 saturated carbocycles. The highest BCUT2D eigenvalue weighted by atomic mass is 35.7. The number of hydrogen-bond acceptors (Lipinski definition) is 11. The van der Waals surface area contributed by atoms with Gasteiger partial charge >= 0.3 is 0 Å². The molecule has 0 aliphatic carbocycles. The molecule has 4 aromatic rings. The first-order chi connectivity index (χ1) is 36.8. The van der Waals surface area contributed by atoms with E-state index in [1.165, 1.54) is 27.3 Å². The van der Waals surface area contributed by atoms with Crippen LogP contribution in [-0.2, 0) is 60.1 Å². The van der Waals surface area contributed by atoms with Crippen molar-refractivity contribution in [1.82, 2.24) is 14.7 Å². The minimum absolute atomic E-state index is 0. The predicted molar refractivity (Wildman–Crippen MR) is 308 cm³/mol. The van der Waals surface area contributed by atoms with Gasteiger partial charge in [0.1, 0.15) is 21.8 Å². The lowest BCUT2D eigenvalue weighted by Gasteiger charge is -2.25. The smallest absolute Gasteiger partial charge is 0.264 e. The molecular weight excluding hydrogens is 1080 g/mol. The van der Waals surface area contributed by atoms with Crippen molar-refractivity contribution in [2.24, 2.45) is 0 Å². The van der Waals surface area contributed by atoms with Crippen LogP contribution >= 0.6 is 34.7 Å². The minimum Gasteiger partial charge on any atom is -1.00 e. The van der Waals surface area contributed by atoms with Gasteiger partial charge in [-0.2, -0.15) is 8.42 Å². The third kappa shape index (κ3) is 41.3. The van der Waals surface area contributed by atoms with Gasteiger partial charge in [-0.1, -0.05) is 150 Å². The summed E-state index contributed by atoms with van der Waals surface area (Å²) in [5.41, 5.74) is 4.38. The third-order valence-corrected chi connectivity index (χ3v) is 10.7. The number of quaternary nitrogens is 1. The average molecular weight is 1170 g/mol. The van der Waals surface area contributed by atoms with Gasteiger partial charge in [0.2, 0.25) is 9.05 Å². The van der Waals surface area contributed by atoms with E-state index >= 15 is 0 Å². The van der Waals surface area contributed by atoms with E-state index in [-0.39, 0.29) is 50.9 Å². The molecule has 1 aliphatic heterocycles. The van der Waals surface area contributed by atoms with Gasteiger partial charge < -0.3 is 26.5 Å². The van der Waals surface area contributed by atoms with Crippen molar-refractivity contribution in [2.45, 2.75) is 49.2 Å². The van der Waals surface area contributed by atoms with E-state index in [0.29, 0.717) is 36.3 Å². The van der Waals surface area contributed by atoms with E-state index in [4.69, 9.17) is 61.2 Å². The molecule has 1 saturated heterocycles. The van der Waals surface area contributed by atoms with Gasteiger partial charge in [0.05, 0.1) is 65.9 Å². The molecule has 1 aliphatic rings. The number of nitrogens with zero attached hydrogens (tertiary/aromatic N) is 4. The van der Waals surface area contributed by atoms with Gasteiger partial charge in [-0.3, -0.25) is 23.1 Å². The number of terminal acetylenes is 4. The van der Waals surface area contributed by atoms with Crippen LogP contribution in [0.2, 0.25) is 0 Å². The highest BCUT2D eigenvalue weighted by molar-refractivity contribution is 8.13. The molecule has 74 heavy (non-hydrogen) atoms. The van der Waals surface area contributed by atoms with E-state index in [1.807, 2.05) is 116 Å². The van der Waals surface area contributed by atoms with Crippen LogP contribution in [0.1, 0.15) is 34.6 Å². The van der Waals surface area contributed by atoms with E-state index in [9.17, 15) is 21.9 Å². The summed E-state index contributed by atoms with van der Waals surface area (Å²) in [5.74, 6) is 8.52. The zero-order valence-corrected chi connectivity index (χ0v) is 48.2. The highest BCUT2D eigenvalue weighted by Gasteiger charge is 2.50. The van der Waals surface area contributed by atoms with Crippen molar-refractivity contribution in [1.29, 1.82) is 0 Å². The lowest BCUT2D eigenvalue weighted by molar-refractivity contribution is -0.783. The summed E-state index contributed by atoms with van der Waals surface area (Å²) in [7, 11) is 4.35. The topological polar surface area (TPSA) is 148 Å². The van der Waals surface area contributed by atoms with Crippen molar-refractivity contribution in [3.05, 3.63) is 144 Å². The zero-order valence-electron chi connectivity index (χ0n) is 50.7. The number of rotatable bonds is 20. The zero-order chi connectivity index (χ0) is 61.8. The number of halogens is 4. The molecule has 1 N–H and O–H groups in total. The number of benzene rings is 4. The maximum Gasteiger partial charge on any atom is 0.264 e. The largest absolute Gasteiger partial charge is 1.00 e. The SMILES string of the molecule is CS(=O)(=O)Cl.CS(=O)[O-].Cl.[2HH].[2H]C([2H])(C#C)N(C)C[C@H](Cl)Cc1ccccc1.[2H]C([2H])(C#C)N(C)[C@H](CO)Cc1ccccc1.[2H]C([2H])(C#C)N(C)[C@H](COS(C)(=O)=O)Cc1ccccc1.[2H]C([2H])(C#C)[N+]1(C)C[C@@H]1Cc1ccccc1.[Cl-]. The fraction of sp³-hybridized carbons (Fsp3) is 0.418. The molecular formula is C55H77Cl4N4O8S3-. The summed E-state index contributed by atoms with van der Waals surface area (Å²) in [6.07, 6.45) is 26.3. The Hall–Kier alpha value is -3.95. The standard InChI is InChI=1S/C14H19NO3S.C13H16ClN.C13H17NO.C13H16N.CH3ClO2S.CH4O2S.2ClH.H2/c1-4-10-15(2)14(12-18-19(3,16)17)11-13-8-6-5-7-9-13;1-3-9-15(2)11-13(14)10-12-7-5-4-6-8-12;1-3-9-14(2)13(11-15)10-12-7-5-4-6-8-12;1-3-9-14(2)11-13(14)10-12-7-5-4-6-8-12;1-5(2,3)4;1-4(2)3;;;/h1,5-9,14H,10-12H2,2-3H3;1,4-8,13H,9-11H2,2H3;1,4-8,13,15H,9-11H2,2H3;1,4-8,13H,9-11H2,2H3;1H3;1H3,(H,2,3);3*1H/q;;;+1;;;;;/p-2/t14-;2*13-;13-,14?;;;;;/m0100...../s1/i10D2;3*9D2;;;;;1+1. The number of aliphatic hydroxyl groups excluding tert-OH is 1. The maximum absolute atomic E-state index is 11.2. The second-order valence-corrected chi connectivity index (χ2v) is 22.3. The number of alkyl halides is 1. The van der Waals surface area contributed by atoms with Crippen LogP contribution in [0.25, 0.3) is 0 Å². The molecule has 2 unspecified atom stereocenters. The van der Waals surface area contributed by atoms with Crippen LogP contribution in [0.15, 0.2) is 121 Å². The summed E-state index contributed by atoms with van der Waals surface area (Å²) in [6.45, 7) is -6.18. The Morgan fingerprint density at radius 3 is 1.46 bits per heavy atom. The molecule has 0 aromatic heterocycles. The Kier molecular flexibility index (Phi) is 33.8. The van der Waals surface area contributed by atoms with Crippen LogP contribution in [0.4, 0.5) is 0 Å². The van der Waals surface area contributed by atoms with Gasteiger partial charge in [-0.15, -0.1) is 49.7 Å². The van der Waals surface area contributed by atoms with Crippen molar-refractivity contribution in [2.75, 3.05) is 99.2 Å². The summed E-state index contributed by atoms with van der Waals surface area (Å²) in [5, 5.41) is 9.18. The van der Waals surface area contributed by atoms with Crippen molar-refractivity contribution >= 4 is 64.9 Å². The molecule has 0 bridgehead atoms. The Balaban J connectivity index is -0.000000473. The molecule has 0 amide bonds. The highest BCUT2D eigenvalue weighted by Crippen LogP contribution is 2.30. The molecule has 0 radical (unpaired) electrons. The lowest BCUT2D eigenvalue weighted by atomic mass is 10.1. The van der Waals surface area contributed by atoms with Crippen LogP contribution in [-0.4, -0.2) is 173 Å². The lowest BCUT2D eigenvalue weighted by Crippen LogP contribution is -3.00. The summed E-state index contributed by atoms with van der Waals surface area (Å²) in [6, 6.07) is 38.5. The molecule has 19 heteroatoms. The Bertz CT molecular complexity index is 2870. The number of aliphatic hydroxyl groups is 1. The molecule has 4 aromatic carbocycles. The van der Waals surface area contributed by atoms with E-state index < -0.39 is 62.3 Å². The Morgan fingerprint density at radius 2 is 1.11 bits per heavy atom. The average Bonchev–Trinajstić information content (AvgIpc) is 4.23. The molecule has 1 fully saturated rings. The maximum atomic E-state index is 11.2. The molecule has 12 nitrogen and oxygen atoms in total. The van der Waals surface area contributed by atoms with Crippen molar-refractivity contribution in [3.63, 3.8) is 0 Å². The molecule has 0 spiro atoms. The third-order valence-electron chi connectivity index (χ3n) is 9.81. The van der Waals surface area contributed by atoms with Gasteiger partial charge in [0, 0.05) is 37.2 Å². The normalized spacial score (nSPS) is 18.0. The summed E-state index contributed by atoms with van der Waals surface area (Å²) >= 11 is 4.34. The van der Waals surface area contributed by atoms with E-state index in [2.05, 4.69) is 46.5 Å². The molecule has 1 heterocycles. The van der Waals surface area contributed by atoms with Crippen LogP contribution in [0.3, 0.4) is 0 Å². The molecule has 5 rings (SSSR count). The fourth-order valence-corrected chi connectivity index (χ4v) is 7.00. The fourth-order valence-electron chi connectivity index (χ4n) is 6.21. The first-order valence-corrected chi connectivity index (χ1v) is 28.4. The van der Waals surface area contributed by atoms with Crippen LogP contribution in [0.5, 0.6) is 0 Å².